The van der Waals surface area contributed by atoms with E-state index in [0.717, 1.165) is 26.1 Å². The second kappa shape index (κ2) is 6.54. The van der Waals surface area contributed by atoms with Gasteiger partial charge in [-0.15, -0.1) is 0 Å². The van der Waals surface area contributed by atoms with Crippen LogP contribution >= 0.6 is 0 Å². The van der Waals surface area contributed by atoms with Crippen molar-refractivity contribution in [1.29, 1.82) is 0 Å². The van der Waals surface area contributed by atoms with Crippen molar-refractivity contribution in [1.82, 2.24) is 4.90 Å². The zero-order valence-electron chi connectivity index (χ0n) is 10.8. The highest BCUT2D eigenvalue weighted by molar-refractivity contribution is 5.87. The lowest BCUT2D eigenvalue weighted by Gasteiger charge is -2.15. The van der Waals surface area contributed by atoms with Crippen molar-refractivity contribution >= 4 is 5.97 Å². The Kier molecular flexibility index (Phi) is 4.76. The summed E-state index contributed by atoms with van der Waals surface area (Å²) in [6.45, 7) is 3.60. The molecular formula is C14H19NO4. The summed E-state index contributed by atoms with van der Waals surface area (Å²) in [6, 6.07) is 6.42. The van der Waals surface area contributed by atoms with Crippen molar-refractivity contribution in [3.63, 3.8) is 0 Å². The molecule has 1 fully saturated rings. The van der Waals surface area contributed by atoms with Crippen LogP contribution in [0.5, 0.6) is 5.75 Å². The zero-order chi connectivity index (χ0) is 13.7. The van der Waals surface area contributed by atoms with Crippen LogP contribution in [-0.2, 0) is 0 Å². The Morgan fingerprint density at radius 3 is 2.68 bits per heavy atom. The number of hydrogen-bond acceptors (Lipinski definition) is 4. The number of likely N-dealkylation sites (tertiary alicyclic amines) is 1. The van der Waals surface area contributed by atoms with E-state index >= 15 is 0 Å². The average Bonchev–Trinajstić information content (AvgIpc) is 2.87. The van der Waals surface area contributed by atoms with Gasteiger partial charge in [-0.3, -0.25) is 4.90 Å². The fraction of sp³-hybridized carbons (Fsp3) is 0.500. The van der Waals surface area contributed by atoms with Crippen LogP contribution in [0.2, 0.25) is 0 Å². The number of aromatic carboxylic acids is 1. The summed E-state index contributed by atoms with van der Waals surface area (Å²) in [5.41, 5.74) is 0.262. The molecule has 19 heavy (non-hydrogen) atoms. The third-order valence-corrected chi connectivity index (χ3v) is 3.41. The van der Waals surface area contributed by atoms with E-state index in [1.165, 1.54) is 12.1 Å². The van der Waals surface area contributed by atoms with Gasteiger partial charge in [0.05, 0.1) is 5.56 Å². The first-order chi connectivity index (χ1) is 9.19. The van der Waals surface area contributed by atoms with Gasteiger partial charge in [0.15, 0.2) is 0 Å². The van der Waals surface area contributed by atoms with Gasteiger partial charge < -0.3 is 14.9 Å². The van der Waals surface area contributed by atoms with Crippen LogP contribution in [0.4, 0.5) is 0 Å². The first-order valence-corrected chi connectivity index (χ1v) is 6.48. The van der Waals surface area contributed by atoms with E-state index in [-0.39, 0.29) is 12.2 Å². The van der Waals surface area contributed by atoms with E-state index in [0.29, 0.717) is 18.3 Å². The van der Waals surface area contributed by atoms with Gasteiger partial charge in [0, 0.05) is 19.7 Å². The number of carbonyl (C=O) groups is 1. The quantitative estimate of drug-likeness (QED) is 0.805. The number of carboxylic acid groups (broad SMARTS) is 1. The van der Waals surface area contributed by atoms with E-state index in [1.807, 2.05) is 0 Å². The molecule has 1 aliphatic rings. The molecule has 1 aromatic rings. The molecule has 1 saturated heterocycles. The largest absolute Gasteiger partial charge is 0.492 e. The number of benzene rings is 1. The second-order valence-corrected chi connectivity index (χ2v) is 4.82. The first-order valence-electron chi connectivity index (χ1n) is 6.48. The lowest BCUT2D eigenvalue weighted by Crippen LogP contribution is -2.26. The summed E-state index contributed by atoms with van der Waals surface area (Å²) < 4.78 is 5.57. The van der Waals surface area contributed by atoms with E-state index in [9.17, 15) is 4.79 Å². The molecule has 5 heteroatoms. The third kappa shape index (κ3) is 3.94. The number of carboxylic acids is 1. The minimum Gasteiger partial charge on any atom is -0.492 e. The summed E-state index contributed by atoms with van der Waals surface area (Å²) in [5.74, 6) is 0.149. The maximum absolute atomic E-state index is 10.7. The molecule has 1 aliphatic heterocycles. The van der Waals surface area contributed by atoms with Crippen LogP contribution < -0.4 is 4.74 Å². The zero-order valence-corrected chi connectivity index (χ0v) is 10.8. The van der Waals surface area contributed by atoms with Gasteiger partial charge in [0.25, 0.3) is 0 Å². The Morgan fingerprint density at radius 1 is 1.37 bits per heavy atom. The fourth-order valence-corrected chi connectivity index (χ4v) is 2.25. The molecule has 1 unspecified atom stereocenters. The molecule has 0 amide bonds. The number of nitrogens with zero attached hydrogens (tertiary/aromatic N) is 1. The lowest BCUT2D eigenvalue weighted by atomic mass is 10.1. The standard InChI is InChI=1S/C14H19NO4/c16-10-11-5-6-15(9-11)7-8-19-13-3-1-12(2-4-13)14(17)18/h1-4,11,16H,5-10H2,(H,17,18). The van der Waals surface area contributed by atoms with E-state index in [1.54, 1.807) is 12.1 Å². The first kappa shape index (κ1) is 13.8. The van der Waals surface area contributed by atoms with E-state index in [2.05, 4.69) is 4.90 Å². The highest BCUT2D eigenvalue weighted by Gasteiger charge is 2.21. The molecular weight excluding hydrogens is 246 g/mol. The Morgan fingerprint density at radius 2 is 2.11 bits per heavy atom. The molecule has 0 radical (unpaired) electrons. The van der Waals surface area contributed by atoms with Crippen molar-refractivity contribution in [2.75, 3.05) is 32.8 Å². The number of rotatable bonds is 6. The lowest BCUT2D eigenvalue weighted by molar-refractivity contribution is 0.0697. The van der Waals surface area contributed by atoms with Gasteiger partial charge >= 0.3 is 5.97 Å². The molecule has 0 aliphatic carbocycles. The summed E-state index contributed by atoms with van der Waals surface area (Å²) in [4.78, 5) is 13.0. The monoisotopic (exact) mass is 265 g/mol. The van der Waals surface area contributed by atoms with Gasteiger partial charge in [-0.05, 0) is 43.1 Å². The molecule has 0 aromatic heterocycles. The Bertz CT molecular complexity index is 418. The molecule has 2 N–H and O–H groups in total. The maximum Gasteiger partial charge on any atom is 0.335 e. The van der Waals surface area contributed by atoms with Gasteiger partial charge in [-0.25, -0.2) is 4.79 Å². The molecule has 1 heterocycles. The molecule has 1 atom stereocenters. The highest BCUT2D eigenvalue weighted by Crippen LogP contribution is 2.16. The summed E-state index contributed by atoms with van der Waals surface area (Å²) in [7, 11) is 0. The van der Waals surface area contributed by atoms with Crippen LogP contribution in [-0.4, -0.2) is 53.9 Å². The highest BCUT2D eigenvalue weighted by atomic mass is 16.5. The fourth-order valence-electron chi connectivity index (χ4n) is 2.25. The van der Waals surface area contributed by atoms with Crippen LogP contribution in [0, 0.1) is 5.92 Å². The Labute approximate surface area is 112 Å². The molecule has 104 valence electrons. The summed E-state index contributed by atoms with van der Waals surface area (Å²) >= 11 is 0. The average molecular weight is 265 g/mol. The number of ether oxygens (including phenoxy) is 1. The summed E-state index contributed by atoms with van der Waals surface area (Å²) in [5, 5.41) is 17.8. The van der Waals surface area contributed by atoms with Crippen LogP contribution in [0.1, 0.15) is 16.8 Å². The van der Waals surface area contributed by atoms with Gasteiger partial charge in [-0.2, -0.15) is 0 Å². The van der Waals surface area contributed by atoms with Crippen LogP contribution in [0.15, 0.2) is 24.3 Å². The predicted octanol–water partition coefficient (Wildman–Crippen LogP) is 1.08. The molecule has 5 nitrogen and oxygen atoms in total. The Hall–Kier alpha value is -1.59. The minimum atomic E-state index is -0.932. The van der Waals surface area contributed by atoms with Gasteiger partial charge in [0.2, 0.25) is 0 Å². The van der Waals surface area contributed by atoms with Gasteiger partial charge in [0.1, 0.15) is 12.4 Å². The third-order valence-electron chi connectivity index (χ3n) is 3.41. The summed E-state index contributed by atoms with van der Waals surface area (Å²) in [6.07, 6.45) is 1.05. The number of hydrogen-bond donors (Lipinski definition) is 2. The molecule has 2 rings (SSSR count). The van der Waals surface area contributed by atoms with Gasteiger partial charge in [-0.1, -0.05) is 0 Å². The smallest absolute Gasteiger partial charge is 0.335 e. The van der Waals surface area contributed by atoms with Crippen molar-refractivity contribution in [3.8, 4) is 5.75 Å². The normalized spacial score (nSPS) is 19.5. The Balaban J connectivity index is 1.72. The predicted molar refractivity (Wildman–Crippen MR) is 70.5 cm³/mol. The van der Waals surface area contributed by atoms with Crippen molar-refractivity contribution < 1.29 is 19.7 Å². The molecule has 0 saturated carbocycles. The molecule has 1 aromatic carbocycles. The number of aliphatic hydroxyl groups is 1. The van der Waals surface area contributed by atoms with E-state index in [4.69, 9.17) is 14.9 Å². The van der Waals surface area contributed by atoms with Crippen molar-refractivity contribution in [2.24, 2.45) is 5.92 Å². The minimum absolute atomic E-state index is 0.258. The second-order valence-electron chi connectivity index (χ2n) is 4.82. The van der Waals surface area contributed by atoms with Crippen LogP contribution in [0.25, 0.3) is 0 Å². The molecule has 0 bridgehead atoms. The van der Waals surface area contributed by atoms with Crippen molar-refractivity contribution in [3.05, 3.63) is 29.8 Å². The maximum atomic E-state index is 10.7. The van der Waals surface area contributed by atoms with Crippen LogP contribution in [0.3, 0.4) is 0 Å². The SMILES string of the molecule is O=C(O)c1ccc(OCCN2CCC(CO)C2)cc1. The number of aliphatic hydroxyl groups excluding tert-OH is 1. The molecule has 0 spiro atoms. The van der Waals surface area contributed by atoms with E-state index < -0.39 is 5.97 Å². The topological polar surface area (TPSA) is 70.0 Å². The van der Waals surface area contributed by atoms with Crippen molar-refractivity contribution in [2.45, 2.75) is 6.42 Å².